The summed E-state index contributed by atoms with van der Waals surface area (Å²) in [4.78, 5) is 11.9. The number of nitrogens with one attached hydrogen (secondary N) is 2. The average Bonchev–Trinajstić information content (AvgIpc) is 2.85. The minimum Gasteiger partial charge on any atom is -0.455 e. The van der Waals surface area contributed by atoms with Gasteiger partial charge >= 0.3 is 0 Å². The molecule has 8 nitrogen and oxygen atoms in total. The molecule has 0 atom stereocenters. The van der Waals surface area contributed by atoms with Gasteiger partial charge in [-0.05, 0) is 6.92 Å². The molecule has 0 fully saturated rings. The molecule has 0 aliphatic rings. The van der Waals surface area contributed by atoms with Crippen molar-refractivity contribution in [1.82, 2.24) is 14.9 Å². The van der Waals surface area contributed by atoms with E-state index in [-0.39, 0.29) is 16.4 Å². The molecule has 2 N–H and O–H groups in total. The van der Waals surface area contributed by atoms with Crippen LogP contribution in [0.5, 0.6) is 0 Å². The van der Waals surface area contributed by atoms with E-state index in [9.17, 15) is 13.2 Å². The first-order valence-electron chi connectivity index (χ1n) is 6.81. The first-order chi connectivity index (χ1) is 10.3. The van der Waals surface area contributed by atoms with Crippen molar-refractivity contribution < 1.29 is 22.4 Å². The maximum atomic E-state index is 12.1. The Hall–Kier alpha value is -1.42. The Labute approximate surface area is 130 Å². The lowest BCUT2D eigenvalue weighted by atomic mass is 10.4. The van der Waals surface area contributed by atoms with Crippen molar-refractivity contribution in [2.45, 2.75) is 11.8 Å². The van der Waals surface area contributed by atoms with Gasteiger partial charge in [-0.1, -0.05) is 0 Å². The highest BCUT2D eigenvalue weighted by molar-refractivity contribution is 7.89. The lowest BCUT2D eigenvalue weighted by Gasteiger charge is -2.09. The van der Waals surface area contributed by atoms with Gasteiger partial charge in [0, 0.05) is 46.9 Å². The molecule has 0 spiro atoms. The van der Waals surface area contributed by atoms with E-state index < -0.39 is 15.9 Å². The second kappa shape index (κ2) is 8.28. The van der Waals surface area contributed by atoms with E-state index >= 15 is 0 Å². The number of methoxy groups -OCH3 is 1. The van der Waals surface area contributed by atoms with Crippen molar-refractivity contribution in [3.05, 3.63) is 17.6 Å². The van der Waals surface area contributed by atoms with E-state index in [1.54, 1.807) is 7.11 Å². The van der Waals surface area contributed by atoms with Crippen LogP contribution in [0.15, 0.2) is 15.4 Å². The molecule has 9 heteroatoms. The molecule has 1 aromatic heterocycles. The standard InChI is InChI=1S/C13H23N3O5S/c1-10-12(22(18,19)16(2)3)9-11(21-10)13(17)15-6-5-14-7-8-20-4/h9,14H,5-8H2,1-4H3,(H,15,17). The summed E-state index contributed by atoms with van der Waals surface area (Å²) < 4.78 is 35.3. The molecule has 0 saturated carbocycles. The highest BCUT2D eigenvalue weighted by Crippen LogP contribution is 2.22. The molecular formula is C13H23N3O5S. The minimum atomic E-state index is -3.62. The van der Waals surface area contributed by atoms with Gasteiger partial charge in [0.1, 0.15) is 10.7 Å². The monoisotopic (exact) mass is 333 g/mol. The Morgan fingerprint density at radius 3 is 2.59 bits per heavy atom. The van der Waals surface area contributed by atoms with Gasteiger partial charge in [-0.25, -0.2) is 12.7 Å². The third kappa shape index (κ3) is 4.80. The highest BCUT2D eigenvalue weighted by Gasteiger charge is 2.25. The van der Waals surface area contributed by atoms with E-state index in [0.717, 1.165) is 4.31 Å². The molecule has 1 aromatic rings. The third-order valence-corrected chi connectivity index (χ3v) is 4.85. The average molecular weight is 333 g/mol. The summed E-state index contributed by atoms with van der Waals surface area (Å²) in [5.74, 6) is -0.274. The van der Waals surface area contributed by atoms with Crippen LogP contribution >= 0.6 is 0 Å². The zero-order chi connectivity index (χ0) is 16.8. The van der Waals surface area contributed by atoms with Gasteiger partial charge in [0.05, 0.1) is 6.61 Å². The van der Waals surface area contributed by atoms with E-state index in [1.807, 2.05) is 0 Å². The normalized spacial score (nSPS) is 11.9. The molecule has 1 rings (SSSR count). The number of hydrogen-bond donors (Lipinski definition) is 2. The third-order valence-electron chi connectivity index (χ3n) is 2.92. The van der Waals surface area contributed by atoms with Gasteiger partial charge in [-0.15, -0.1) is 0 Å². The van der Waals surface area contributed by atoms with Gasteiger partial charge in [-0.3, -0.25) is 4.79 Å². The van der Waals surface area contributed by atoms with Crippen LogP contribution in [0.1, 0.15) is 16.3 Å². The first kappa shape index (κ1) is 18.6. The molecule has 1 heterocycles. The Bertz CT molecular complexity index is 595. The molecule has 0 saturated heterocycles. The first-order valence-corrected chi connectivity index (χ1v) is 8.25. The summed E-state index contributed by atoms with van der Waals surface area (Å²) in [6.45, 7) is 3.78. The predicted octanol–water partition coefficient (Wildman–Crippen LogP) is -0.196. The topological polar surface area (TPSA) is 101 Å². The van der Waals surface area contributed by atoms with E-state index in [4.69, 9.17) is 9.15 Å². The molecule has 0 aromatic carbocycles. The number of hydrogen-bond acceptors (Lipinski definition) is 6. The maximum Gasteiger partial charge on any atom is 0.287 e. The molecule has 0 aliphatic heterocycles. The van der Waals surface area contributed by atoms with Crippen LogP contribution < -0.4 is 10.6 Å². The largest absolute Gasteiger partial charge is 0.455 e. The van der Waals surface area contributed by atoms with Gasteiger partial charge in [0.15, 0.2) is 5.76 Å². The number of rotatable bonds is 9. The van der Waals surface area contributed by atoms with E-state index in [0.29, 0.717) is 26.2 Å². The Morgan fingerprint density at radius 1 is 1.32 bits per heavy atom. The smallest absolute Gasteiger partial charge is 0.287 e. The lowest BCUT2D eigenvalue weighted by molar-refractivity contribution is 0.0924. The van der Waals surface area contributed by atoms with Crippen LogP contribution in [0.2, 0.25) is 0 Å². The van der Waals surface area contributed by atoms with Gasteiger partial charge < -0.3 is 19.8 Å². The summed E-state index contributed by atoms with van der Waals surface area (Å²) in [6, 6.07) is 1.25. The fourth-order valence-electron chi connectivity index (χ4n) is 1.68. The molecular weight excluding hydrogens is 310 g/mol. The Kier molecular flexibility index (Phi) is 7.01. The fourth-order valence-corrected chi connectivity index (χ4v) is 2.74. The van der Waals surface area contributed by atoms with Crippen molar-refractivity contribution in [3.8, 4) is 0 Å². The number of furan rings is 1. The van der Waals surface area contributed by atoms with Crippen molar-refractivity contribution in [3.63, 3.8) is 0 Å². The Balaban J connectivity index is 2.61. The van der Waals surface area contributed by atoms with Crippen molar-refractivity contribution in [2.75, 3.05) is 47.4 Å². The van der Waals surface area contributed by atoms with Crippen LogP contribution in [-0.2, 0) is 14.8 Å². The SMILES string of the molecule is COCCNCCNC(=O)c1cc(S(=O)(=O)N(C)C)c(C)o1. The zero-order valence-electron chi connectivity index (χ0n) is 13.3. The number of amides is 1. The maximum absolute atomic E-state index is 12.1. The summed E-state index contributed by atoms with van der Waals surface area (Å²) >= 11 is 0. The van der Waals surface area contributed by atoms with E-state index in [2.05, 4.69) is 10.6 Å². The summed E-state index contributed by atoms with van der Waals surface area (Å²) in [6.07, 6.45) is 0. The second-order valence-corrected chi connectivity index (χ2v) is 6.94. The minimum absolute atomic E-state index is 0.000805. The quantitative estimate of drug-likeness (QED) is 0.607. The molecule has 0 aliphatic carbocycles. The number of nitrogens with zero attached hydrogens (tertiary/aromatic N) is 1. The van der Waals surface area contributed by atoms with Crippen LogP contribution in [-0.4, -0.2) is 66.1 Å². The number of carbonyl (C=O) groups is 1. The van der Waals surface area contributed by atoms with Gasteiger partial charge in [-0.2, -0.15) is 0 Å². The number of sulfonamides is 1. The van der Waals surface area contributed by atoms with Crippen molar-refractivity contribution in [1.29, 1.82) is 0 Å². The highest BCUT2D eigenvalue weighted by atomic mass is 32.2. The van der Waals surface area contributed by atoms with Crippen LogP contribution in [0, 0.1) is 6.92 Å². The number of carbonyl (C=O) groups excluding carboxylic acids is 1. The van der Waals surface area contributed by atoms with Crippen molar-refractivity contribution in [2.24, 2.45) is 0 Å². The zero-order valence-corrected chi connectivity index (χ0v) is 14.1. The van der Waals surface area contributed by atoms with Gasteiger partial charge in [0.2, 0.25) is 10.0 Å². The van der Waals surface area contributed by atoms with Crippen molar-refractivity contribution >= 4 is 15.9 Å². The molecule has 0 bridgehead atoms. The molecule has 0 radical (unpaired) electrons. The van der Waals surface area contributed by atoms with Crippen LogP contribution in [0.25, 0.3) is 0 Å². The van der Waals surface area contributed by atoms with Crippen LogP contribution in [0.4, 0.5) is 0 Å². The fraction of sp³-hybridized carbons (Fsp3) is 0.615. The number of ether oxygens (including phenoxy) is 1. The molecule has 1 amide bonds. The summed E-state index contributed by atoms with van der Waals surface area (Å²) in [5, 5.41) is 5.73. The molecule has 22 heavy (non-hydrogen) atoms. The van der Waals surface area contributed by atoms with Gasteiger partial charge in [0.25, 0.3) is 5.91 Å². The Morgan fingerprint density at radius 2 is 2.00 bits per heavy atom. The van der Waals surface area contributed by atoms with E-state index in [1.165, 1.54) is 27.1 Å². The summed E-state index contributed by atoms with van der Waals surface area (Å²) in [5.41, 5.74) is 0. The molecule has 0 unspecified atom stereocenters. The number of aryl methyl sites for hydroxylation is 1. The van der Waals surface area contributed by atoms with Crippen LogP contribution in [0.3, 0.4) is 0 Å². The lowest BCUT2D eigenvalue weighted by Crippen LogP contribution is -2.32. The summed E-state index contributed by atoms with van der Waals surface area (Å²) in [7, 11) is 0.838. The second-order valence-electron chi connectivity index (χ2n) is 4.82. The molecule has 126 valence electrons. The predicted molar refractivity (Wildman–Crippen MR) is 81.4 cm³/mol.